The topological polar surface area (TPSA) is 90.5 Å². The average Bonchev–Trinajstić information content (AvgIpc) is 2.58. The highest BCUT2D eigenvalue weighted by atomic mass is 35.5. The number of halogens is 4. The van der Waals surface area contributed by atoms with E-state index in [9.17, 15) is 13.6 Å². The van der Waals surface area contributed by atoms with Crippen molar-refractivity contribution in [2.45, 2.75) is 6.43 Å². The third kappa shape index (κ3) is 5.20. The molecule has 0 amide bonds. The Balaban J connectivity index is 0.00000256. The summed E-state index contributed by atoms with van der Waals surface area (Å²) < 4.78 is 27.1. The molecule has 0 radical (unpaired) electrons. The highest BCUT2D eigenvalue weighted by Gasteiger charge is 2.18. The van der Waals surface area contributed by atoms with E-state index in [0.29, 0.717) is 0 Å². The van der Waals surface area contributed by atoms with Gasteiger partial charge in [-0.3, -0.25) is 4.79 Å². The van der Waals surface area contributed by atoms with E-state index in [1.54, 1.807) is 0 Å². The second-order valence-electron chi connectivity index (χ2n) is 2.36. The maximum Gasteiger partial charge on any atom is 0.278 e. The molecule has 0 aliphatic heterocycles. The number of rotatable bonds is 5. The lowest BCUT2D eigenvalue weighted by Gasteiger charge is -1.98. The minimum absolute atomic E-state index is 0. The van der Waals surface area contributed by atoms with Crippen LogP contribution in [0.3, 0.4) is 0 Å². The van der Waals surface area contributed by atoms with Crippen LogP contribution in [0.15, 0.2) is 5.16 Å². The Labute approximate surface area is 109 Å². The van der Waals surface area contributed by atoms with E-state index in [2.05, 4.69) is 19.4 Å². The van der Waals surface area contributed by atoms with E-state index < -0.39 is 24.0 Å². The highest BCUT2D eigenvalue weighted by Crippen LogP contribution is 2.08. The van der Waals surface area contributed by atoms with Crippen LogP contribution in [0.1, 0.15) is 5.82 Å². The van der Waals surface area contributed by atoms with Gasteiger partial charge in [0.25, 0.3) is 11.7 Å². The van der Waals surface area contributed by atoms with Crippen LogP contribution in [0.5, 0.6) is 0 Å². The first-order chi connectivity index (χ1) is 7.50. The fraction of sp³-hybridized carbons (Fsp3) is 0.333. The molecule has 0 saturated heterocycles. The molecule has 1 aromatic heterocycles. The molecule has 0 unspecified atom stereocenters. The van der Waals surface area contributed by atoms with E-state index >= 15 is 0 Å². The predicted molar refractivity (Wildman–Crippen MR) is 60.9 cm³/mol. The number of carbonyl (C=O) groups is 1. The number of nitrogen functional groups attached to an aromatic ring is 1. The zero-order valence-corrected chi connectivity index (χ0v) is 10.4. The summed E-state index contributed by atoms with van der Waals surface area (Å²) in [5, 5.41) is 2.20. The zero-order chi connectivity index (χ0) is 12.1. The fourth-order valence-corrected chi connectivity index (χ4v) is 1.21. The normalized spacial score (nSPS) is 11.2. The summed E-state index contributed by atoms with van der Waals surface area (Å²) in [6.07, 6.45) is -2.70. The summed E-state index contributed by atoms with van der Waals surface area (Å²) in [6.45, 7) is -0.951. The molecule has 0 aliphatic carbocycles. The third-order valence-electron chi connectivity index (χ3n) is 1.20. The second kappa shape index (κ2) is 7.30. The summed E-state index contributed by atoms with van der Waals surface area (Å²) >= 11 is 5.96. The summed E-state index contributed by atoms with van der Waals surface area (Å²) in [5.74, 6) is -0.156. The number of nitrogens with zero attached hydrogens (tertiary/aromatic N) is 3. The monoisotopic (exact) mass is 306 g/mol. The van der Waals surface area contributed by atoms with Crippen molar-refractivity contribution >= 4 is 51.6 Å². The molecule has 0 bridgehead atoms. The molecule has 0 atom stereocenters. The number of hydrogen-bond acceptors (Lipinski definition) is 7. The molecule has 0 saturated carbocycles. The minimum Gasteiger partial charge on any atom is -0.389 e. The van der Waals surface area contributed by atoms with Gasteiger partial charge < -0.3 is 10.6 Å². The number of oxime groups is 1. The van der Waals surface area contributed by atoms with E-state index in [0.717, 1.165) is 11.5 Å². The molecular weight excluding hydrogens is 301 g/mol. The van der Waals surface area contributed by atoms with Crippen molar-refractivity contribution < 1.29 is 18.4 Å². The Hall–Kier alpha value is -1.06. The molecule has 0 spiro atoms. The van der Waals surface area contributed by atoms with Crippen molar-refractivity contribution in [3.05, 3.63) is 5.82 Å². The Bertz CT molecular complexity index is 414. The van der Waals surface area contributed by atoms with Crippen LogP contribution < -0.4 is 5.73 Å². The van der Waals surface area contributed by atoms with Gasteiger partial charge in [-0.05, 0) is 11.6 Å². The first-order valence-corrected chi connectivity index (χ1v) is 4.93. The van der Waals surface area contributed by atoms with Crippen molar-refractivity contribution in [3.8, 4) is 0 Å². The van der Waals surface area contributed by atoms with Gasteiger partial charge in [-0.2, -0.15) is 9.36 Å². The quantitative estimate of drug-likeness (QED) is 0.503. The van der Waals surface area contributed by atoms with Crippen molar-refractivity contribution in [2.24, 2.45) is 5.16 Å². The van der Waals surface area contributed by atoms with E-state index in [4.69, 9.17) is 17.3 Å². The van der Waals surface area contributed by atoms with Gasteiger partial charge >= 0.3 is 0 Å². The van der Waals surface area contributed by atoms with Crippen LogP contribution in [-0.2, 0) is 9.63 Å². The van der Waals surface area contributed by atoms with Gasteiger partial charge in [0, 0.05) is 11.5 Å². The van der Waals surface area contributed by atoms with Gasteiger partial charge in [0.2, 0.25) is 11.5 Å². The van der Waals surface area contributed by atoms with Crippen molar-refractivity contribution in [3.63, 3.8) is 0 Å². The Morgan fingerprint density at radius 3 is 2.71 bits per heavy atom. The molecule has 1 heterocycles. The summed E-state index contributed by atoms with van der Waals surface area (Å²) in [5.41, 5.74) is 4.81. The number of nitrogens with two attached hydrogens (primary N) is 1. The van der Waals surface area contributed by atoms with Crippen molar-refractivity contribution in [1.82, 2.24) is 9.36 Å². The molecule has 17 heavy (non-hydrogen) atoms. The fourth-order valence-electron chi connectivity index (χ4n) is 0.654. The lowest BCUT2D eigenvalue weighted by Crippen LogP contribution is -2.13. The third-order valence-corrected chi connectivity index (χ3v) is 1.92. The first kappa shape index (κ1) is 15.9. The molecule has 0 aromatic carbocycles. The molecule has 0 fully saturated rings. The average molecular weight is 307 g/mol. The largest absolute Gasteiger partial charge is 0.389 e. The van der Waals surface area contributed by atoms with Crippen LogP contribution in [0.4, 0.5) is 13.9 Å². The predicted octanol–water partition coefficient (Wildman–Crippen LogP) is 1.29. The second-order valence-corrected chi connectivity index (χ2v) is 3.48. The molecular formula is C6H6Cl2F2N4O2S. The van der Waals surface area contributed by atoms with E-state index in [1.165, 1.54) is 0 Å². The van der Waals surface area contributed by atoms with Crippen LogP contribution in [0, 0.1) is 0 Å². The van der Waals surface area contributed by atoms with Crippen molar-refractivity contribution in [1.29, 1.82) is 0 Å². The van der Waals surface area contributed by atoms with Gasteiger partial charge in [0.15, 0.2) is 11.7 Å². The maximum absolute atomic E-state index is 11.7. The minimum atomic E-state index is -2.70. The summed E-state index contributed by atoms with van der Waals surface area (Å²) in [4.78, 5) is 18.7. The van der Waals surface area contributed by atoms with Crippen LogP contribution in [0.25, 0.3) is 0 Å². The molecule has 0 aliphatic rings. The smallest absolute Gasteiger partial charge is 0.278 e. The maximum atomic E-state index is 11.7. The molecule has 1 aromatic rings. The van der Waals surface area contributed by atoms with Gasteiger partial charge in [-0.25, -0.2) is 8.78 Å². The SMILES string of the molecule is Cl.Nc1nc(C(=NOCC(F)F)C(=O)Cl)ns1. The Kier molecular flexibility index (Phi) is 6.85. The van der Waals surface area contributed by atoms with Crippen LogP contribution in [0.2, 0.25) is 0 Å². The standard InChI is InChI=1S/C6H5ClF2N4O2S.ClH/c7-4(14)3(12-15-1-2(8)9)5-11-6(10)16-13-5;/h2H,1H2,(H2,10,11,13);1H. The van der Waals surface area contributed by atoms with E-state index in [-0.39, 0.29) is 23.4 Å². The lowest BCUT2D eigenvalue weighted by molar-refractivity contribution is -0.106. The van der Waals surface area contributed by atoms with Crippen LogP contribution >= 0.6 is 35.5 Å². The highest BCUT2D eigenvalue weighted by molar-refractivity contribution is 7.09. The molecule has 6 nitrogen and oxygen atoms in total. The summed E-state index contributed by atoms with van der Waals surface area (Å²) in [7, 11) is 0. The number of carbonyl (C=O) groups excluding carboxylic acids is 1. The van der Waals surface area contributed by atoms with E-state index in [1.807, 2.05) is 0 Å². The molecule has 2 N–H and O–H groups in total. The van der Waals surface area contributed by atoms with Gasteiger partial charge in [0.1, 0.15) is 0 Å². The van der Waals surface area contributed by atoms with Gasteiger partial charge in [0.05, 0.1) is 0 Å². The Morgan fingerprint density at radius 2 is 2.29 bits per heavy atom. The molecule has 11 heteroatoms. The van der Waals surface area contributed by atoms with Gasteiger partial charge in [-0.1, -0.05) is 5.16 Å². The lowest BCUT2D eigenvalue weighted by atomic mass is 10.4. The number of hydrogen-bond donors (Lipinski definition) is 1. The number of aromatic nitrogens is 2. The zero-order valence-electron chi connectivity index (χ0n) is 7.97. The van der Waals surface area contributed by atoms with Crippen LogP contribution in [-0.4, -0.2) is 33.3 Å². The number of anilines is 1. The van der Waals surface area contributed by atoms with Crippen molar-refractivity contribution in [2.75, 3.05) is 12.3 Å². The molecule has 1 rings (SSSR count). The molecule has 96 valence electrons. The number of alkyl halides is 2. The Morgan fingerprint density at radius 1 is 1.65 bits per heavy atom. The first-order valence-electron chi connectivity index (χ1n) is 3.78. The van der Waals surface area contributed by atoms with Gasteiger partial charge in [-0.15, -0.1) is 12.4 Å². The summed E-state index contributed by atoms with van der Waals surface area (Å²) in [6, 6.07) is 0.